The molecule has 1 amide bonds. The fraction of sp³-hybridized carbons (Fsp3) is 0.0625. The third-order valence-corrected chi connectivity index (χ3v) is 2.74. The van der Waals surface area contributed by atoms with Crippen LogP contribution in [0.4, 0.5) is 8.78 Å². The number of carbonyl (C=O) groups excluding carboxylic acids is 1. The highest BCUT2D eigenvalue weighted by molar-refractivity contribution is 5.83. The summed E-state index contributed by atoms with van der Waals surface area (Å²) in [4.78, 5) is 11.5. The molecule has 0 bridgehead atoms. The van der Waals surface area contributed by atoms with E-state index in [0.29, 0.717) is 11.3 Å². The van der Waals surface area contributed by atoms with E-state index in [1.165, 1.54) is 6.07 Å². The maximum absolute atomic E-state index is 13.3. The van der Waals surface area contributed by atoms with Crippen molar-refractivity contribution in [3.8, 4) is 11.8 Å². The quantitative estimate of drug-likeness (QED) is 0.680. The number of nitriles is 1. The summed E-state index contributed by atoms with van der Waals surface area (Å²) in [6, 6.07) is 11.5. The number of benzene rings is 2. The first-order chi connectivity index (χ1) is 11.1. The number of nitrogens with one attached hydrogen (secondary N) is 1. The van der Waals surface area contributed by atoms with Gasteiger partial charge in [0, 0.05) is 0 Å². The van der Waals surface area contributed by atoms with Crippen molar-refractivity contribution in [1.82, 2.24) is 5.43 Å². The van der Waals surface area contributed by atoms with Crippen LogP contribution in [0.5, 0.6) is 5.75 Å². The Balaban J connectivity index is 1.85. The molecule has 0 fully saturated rings. The average molecular weight is 315 g/mol. The highest BCUT2D eigenvalue weighted by Crippen LogP contribution is 2.11. The third-order valence-electron chi connectivity index (χ3n) is 2.74. The molecule has 2 aromatic carbocycles. The zero-order valence-electron chi connectivity index (χ0n) is 11.8. The Morgan fingerprint density at radius 1 is 1.22 bits per heavy atom. The average Bonchev–Trinajstić information content (AvgIpc) is 2.56. The van der Waals surface area contributed by atoms with Crippen LogP contribution in [0.2, 0.25) is 0 Å². The molecule has 0 aliphatic heterocycles. The second-order valence-electron chi connectivity index (χ2n) is 4.35. The molecular weight excluding hydrogens is 304 g/mol. The van der Waals surface area contributed by atoms with Gasteiger partial charge in [-0.05, 0) is 36.4 Å². The summed E-state index contributed by atoms with van der Waals surface area (Å²) in [5, 5.41) is 12.1. The molecule has 23 heavy (non-hydrogen) atoms. The summed E-state index contributed by atoms with van der Waals surface area (Å²) in [6.45, 7) is -0.330. The smallest absolute Gasteiger partial charge is 0.277 e. The summed E-state index contributed by atoms with van der Waals surface area (Å²) in [5.41, 5.74) is 2.22. The van der Waals surface area contributed by atoms with E-state index in [1.807, 2.05) is 6.07 Å². The van der Waals surface area contributed by atoms with Crippen LogP contribution in [0.25, 0.3) is 0 Å². The second kappa shape index (κ2) is 7.66. The summed E-state index contributed by atoms with van der Waals surface area (Å²) in [7, 11) is 0. The first kappa shape index (κ1) is 16.1. The van der Waals surface area contributed by atoms with Crippen LogP contribution >= 0.6 is 0 Å². The SMILES string of the molecule is N#Cc1ccc(OCC(=O)N/N=C\c2c(F)cccc2F)cc1. The van der Waals surface area contributed by atoms with Gasteiger partial charge in [-0.25, -0.2) is 14.2 Å². The van der Waals surface area contributed by atoms with E-state index in [1.54, 1.807) is 24.3 Å². The predicted molar refractivity (Wildman–Crippen MR) is 78.7 cm³/mol. The van der Waals surface area contributed by atoms with Gasteiger partial charge in [-0.3, -0.25) is 4.79 Å². The number of hydrogen-bond acceptors (Lipinski definition) is 4. The van der Waals surface area contributed by atoms with Gasteiger partial charge in [-0.15, -0.1) is 0 Å². The normalized spacial score (nSPS) is 10.3. The highest BCUT2D eigenvalue weighted by atomic mass is 19.1. The van der Waals surface area contributed by atoms with E-state index in [9.17, 15) is 13.6 Å². The van der Waals surface area contributed by atoms with Crippen molar-refractivity contribution in [1.29, 1.82) is 5.26 Å². The molecule has 2 rings (SSSR count). The van der Waals surface area contributed by atoms with E-state index in [-0.39, 0.29) is 12.2 Å². The molecule has 1 N–H and O–H groups in total. The van der Waals surface area contributed by atoms with E-state index in [2.05, 4.69) is 10.5 Å². The Morgan fingerprint density at radius 3 is 2.48 bits per heavy atom. The summed E-state index contributed by atoms with van der Waals surface area (Å²) >= 11 is 0. The van der Waals surface area contributed by atoms with Gasteiger partial charge in [0.1, 0.15) is 17.4 Å². The molecule has 0 aliphatic carbocycles. The van der Waals surface area contributed by atoms with E-state index < -0.39 is 17.5 Å². The second-order valence-corrected chi connectivity index (χ2v) is 4.35. The minimum absolute atomic E-state index is 0.330. The zero-order valence-corrected chi connectivity index (χ0v) is 11.8. The van der Waals surface area contributed by atoms with Crippen LogP contribution in [0.15, 0.2) is 47.6 Å². The van der Waals surface area contributed by atoms with Crippen LogP contribution in [0, 0.1) is 23.0 Å². The van der Waals surface area contributed by atoms with Crippen molar-refractivity contribution in [2.24, 2.45) is 5.10 Å². The van der Waals surface area contributed by atoms with Crippen molar-refractivity contribution in [2.45, 2.75) is 0 Å². The number of amides is 1. The van der Waals surface area contributed by atoms with Gasteiger partial charge >= 0.3 is 0 Å². The van der Waals surface area contributed by atoms with Crippen molar-refractivity contribution in [3.63, 3.8) is 0 Å². The van der Waals surface area contributed by atoms with Crippen LogP contribution in [-0.4, -0.2) is 18.7 Å². The Hall–Kier alpha value is -3.27. The summed E-state index contributed by atoms with van der Waals surface area (Å²) < 4.78 is 31.8. The van der Waals surface area contributed by atoms with Gasteiger partial charge in [0.15, 0.2) is 6.61 Å². The lowest BCUT2D eigenvalue weighted by Gasteiger charge is -2.04. The number of ether oxygens (including phenoxy) is 1. The molecule has 0 aliphatic rings. The molecule has 0 saturated carbocycles. The summed E-state index contributed by atoms with van der Waals surface area (Å²) in [5.74, 6) is -1.75. The number of carbonyl (C=O) groups is 1. The monoisotopic (exact) mass is 315 g/mol. The molecule has 0 radical (unpaired) electrons. The van der Waals surface area contributed by atoms with E-state index >= 15 is 0 Å². The van der Waals surface area contributed by atoms with Crippen LogP contribution < -0.4 is 10.2 Å². The lowest BCUT2D eigenvalue weighted by Crippen LogP contribution is -2.24. The molecule has 0 unspecified atom stereocenters. The fourth-order valence-electron chi connectivity index (χ4n) is 1.61. The van der Waals surface area contributed by atoms with Crippen LogP contribution in [0.3, 0.4) is 0 Å². The predicted octanol–water partition coefficient (Wildman–Crippen LogP) is 2.37. The van der Waals surface area contributed by atoms with E-state index in [4.69, 9.17) is 10.00 Å². The van der Waals surface area contributed by atoms with E-state index in [0.717, 1.165) is 18.3 Å². The molecule has 0 spiro atoms. The molecule has 0 heterocycles. The fourth-order valence-corrected chi connectivity index (χ4v) is 1.61. The number of nitrogens with zero attached hydrogens (tertiary/aromatic N) is 2. The maximum Gasteiger partial charge on any atom is 0.277 e. The molecule has 0 saturated heterocycles. The van der Waals surface area contributed by atoms with Gasteiger partial charge in [0.25, 0.3) is 5.91 Å². The van der Waals surface area contributed by atoms with Gasteiger partial charge < -0.3 is 4.74 Å². The highest BCUT2D eigenvalue weighted by Gasteiger charge is 2.06. The lowest BCUT2D eigenvalue weighted by atomic mass is 10.2. The topological polar surface area (TPSA) is 74.5 Å². The largest absolute Gasteiger partial charge is 0.484 e. The van der Waals surface area contributed by atoms with Gasteiger partial charge in [0.2, 0.25) is 0 Å². The standard InChI is InChI=1S/C16H11F2N3O2/c17-14-2-1-3-15(18)13(14)9-20-21-16(22)10-23-12-6-4-11(8-19)5-7-12/h1-7,9H,10H2,(H,21,22)/b20-9-. The Labute approximate surface area is 130 Å². The Bertz CT molecular complexity index is 748. The molecule has 5 nitrogen and oxygen atoms in total. The molecular formula is C16H11F2N3O2. The van der Waals surface area contributed by atoms with Crippen molar-refractivity contribution >= 4 is 12.1 Å². The number of rotatable bonds is 5. The number of hydrogen-bond donors (Lipinski definition) is 1. The van der Waals surface area contributed by atoms with Crippen molar-refractivity contribution < 1.29 is 18.3 Å². The molecule has 7 heteroatoms. The summed E-state index contributed by atoms with van der Waals surface area (Å²) in [6.07, 6.45) is 0.879. The number of hydrazone groups is 1. The van der Waals surface area contributed by atoms with Gasteiger partial charge in [-0.2, -0.15) is 10.4 Å². The van der Waals surface area contributed by atoms with Gasteiger partial charge in [-0.1, -0.05) is 6.07 Å². The zero-order chi connectivity index (χ0) is 16.7. The minimum atomic E-state index is -0.781. The van der Waals surface area contributed by atoms with Crippen LogP contribution in [-0.2, 0) is 4.79 Å². The Kier molecular flexibility index (Phi) is 5.36. The number of halogens is 2. The van der Waals surface area contributed by atoms with Crippen molar-refractivity contribution in [2.75, 3.05) is 6.61 Å². The maximum atomic E-state index is 13.3. The Morgan fingerprint density at radius 2 is 1.87 bits per heavy atom. The minimum Gasteiger partial charge on any atom is -0.484 e. The third kappa shape index (κ3) is 4.61. The first-order valence-electron chi connectivity index (χ1n) is 6.49. The lowest BCUT2D eigenvalue weighted by molar-refractivity contribution is -0.123. The molecule has 2 aromatic rings. The molecule has 0 atom stereocenters. The molecule has 116 valence electrons. The molecule has 0 aromatic heterocycles. The van der Waals surface area contributed by atoms with Crippen molar-refractivity contribution in [3.05, 3.63) is 65.2 Å². The van der Waals surface area contributed by atoms with Crippen LogP contribution in [0.1, 0.15) is 11.1 Å². The van der Waals surface area contributed by atoms with Gasteiger partial charge in [0.05, 0.1) is 23.4 Å². The first-order valence-corrected chi connectivity index (χ1v) is 6.49.